The summed E-state index contributed by atoms with van der Waals surface area (Å²) in [4.78, 5) is 28.0. The van der Waals surface area contributed by atoms with Gasteiger partial charge in [-0.3, -0.25) is 19.5 Å². The van der Waals surface area contributed by atoms with Gasteiger partial charge in [-0.05, 0) is 43.9 Å². The van der Waals surface area contributed by atoms with Crippen LogP contribution in [0.15, 0.2) is 87.2 Å². The number of aromatic amines is 1. The van der Waals surface area contributed by atoms with Crippen LogP contribution in [0.4, 0.5) is 0 Å². The lowest BCUT2D eigenvalue weighted by atomic mass is 9.88. The van der Waals surface area contributed by atoms with E-state index >= 15 is 0 Å². The van der Waals surface area contributed by atoms with Gasteiger partial charge in [-0.15, -0.1) is 0 Å². The van der Waals surface area contributed by atoms with Crippen LogP contribution in [0, 0.1) is 5.92 Å². The fourth-order valence-corrected chi connectivity index (χ4v) is 5.75. The van der Waals surface area contributed by atoms with Gasteiger partial charge >= 0.3 is 5.69 Å². The number of hydrogen-bond acceptors (Lipinski definition) is 4. The Morgan fingerprint density at radius 1 is 1.03 bits per heavy atom. The van der Waals surface area contributed by atoms with E-state index in [-0.39, 0.29) is 23.8 Å². The number of nitrogens with zero attached hydrogens (tertiary/aromatic N) is 4. The number of aromatic nitrogens is 2. The minimum absolute atomic E-state index is 0.0131. The summed E-state index contributed by atoms with van der Waals surface area (Å²) < 4.78 is 1.97. The summed E-state index contributed by atoms with van der Waals surface area (Å²) in [6, 6.07) is 8.56. The van der Waals surface area contributed by atoms with Crippen molar-refractivity contribution >= 4 is 22.5 Å². The van der Waals surface area contributed by atoms with Crippen LogP contribution in [0.3, 0.4) is 0 Å². The number of benzene rings is 1. The van der Waals surface area contributed by atoms with Crippen LogP contribution >= 0.6 is 0 Å². The Hall–Kier alpha value is -3.25. The largest absolute Gasteiger partial charge is 0.326 e. The van der Waals surface area contributed by atoms with E-state index in [2.05, 4.69) is 59.3 Å². The summed E-state index contributed by atoms with van der Waals surface area (Å²) in [6.45, 7) is 5.08. The standard InChI is InChI=1S/C28H31N5O/c1-19-27(30-24-7-3-2-6-23(24)29-19)21-12-10-20(11-13-21)18-32-16-14-22(15-17-32)33-26-9-5-4-8-25(26)31-28(33)34/h2-12,21-24H,13-18H2,1H3,(H,31,34). The van der Waals surface area contributed by atoms with Crippen molar-refractivity contribution in [3.05, 3.63) is 82.9 Å². The Morgan fingerprint density at radius 2 is 1.79 bits per heavy atom. The molecule has 1 aromatic carbocycles. The summed E-state index contributed by atoms with van der Waals surface area (Å²) in [6.07, 6.45) is 18.4. The molecule has 174 valence electrons. The SMILES string of the molecule is CC1=NC2C=CC=CC2N=C1C1C=CC(CN2CCC(n3c(=O)[nH]c4ccccc43)CC2)=CC1. The summed E-state index contributed by atoms with van der Waals surface area (Å²) in [7, 11) is 0. The summed E-state index contributed by atoms with van der Waals surface area (Å²) in [5.41, 5.74) is 5.55. The van der Waals surface area contributed by atoms with Crippen LogP contribution in [0.5, 0.6) is 0 Å². The van der Waals surface area contributed by atoms with Gasteiger partial charge in [-0.25, -0.2) is 4.79 Å². The number of imidazole rings is 1. The minimum Gasteiger partial charge on any atom is -0.306 e. The van der Waals surface area contributed by atoms with Gasteiger partial charge in [0.1, 0.15) is 0 Å². The first-order valence-electron chi connectivity index (χ1n) is 12.4. The molecule has 1 saturated heterocycles. The molecule has 2 aliphatic heterocycles. The average Bonchev–Trinajstić information content (AvgIpc) is 3.20. The zero-order valence-corrected chi connectivity index (χ0v) is 19.6. The van der Waals surface area contributed by atoms with Crippen molar-refractivity contribution < 1.29 is 0 Å². The molecule has 0 radical (unpaired) electrons. The Balaban J connectivity index is 1.07. The molecule has 2 aliphatic carbocycles. The second-order valence-electron chi connectivity index (χ2n) is 9.78. The molecule has 1 aromatic heterocycles. The monoisotopic (exact) mass is 453 g/mol. The molecule has 3 atom stereocenters. The number of para-hydroxylation sites is 2. The molecule has 2 aromatic rings. The third-order valence-corrected chi connectivity index (χ3v) is 7.56. The van der Waals surface area contributed by atoms with Gasteiger partial charge in [0.15, 0.2) is 0 Å². The molecule has 0 amide bonds. The highest BCUT2D eigenvalue weighted by Gasteiger charge is 2.28. The van der Waals surface area contributed by atoms with E-state index in [0.717, 1.165) is 61.4 Å². The highest BCUT2D eigenvalue weighted by Crippen LogP contribution is 2.28. The van der Waals surface area contributed by atoms with Crippen LogP contribution in [0.2, 0.25) is 0 Å². The zero-order chi connectivity index (χ0) is 23.1. The normalized spacial score (nSPS) is 27.4. The fraction of sp³-hybridized carbons (Fsp3) is 0.393. The van der Waals surface area contributed by atoms with E-state index in [0.29, 0.717) is 5.92 Å². The predicted octanol–water partition coefficient (Wildman–Crippen LogP) is 4.25. The molecule has 1 fully saturated rings. The maximum Gasteiger partial charge on any atom is 0.326 e. The van der Waals surface area contributed by atoms with E-state index in [4.69, 9.17) is 9.98 Å². The van der Waals surface area contributed by atoms with Gasteiger partial charge in [0.2, 0.25) is 0 Å². The molecule has 4 aliphatic rings. The number of aliphatic imine (C=N–C) groups is 2. The van der Waals surface area contributed by atoms with E-state index in [1.54, 1.807) is 0 Å². The first-order chi connectivity index (χ1) is 16.7. The molecule has 34 heavy (non-hydrogen) atoms. The fourth-order valence-electron chi connectivity index (χ4n) is 5.75. The number of fused-ring (bicyclic) bond motifs is 2. The number of rotatable bonds is 4. The molecule has 0 bridgehead atoms. The number of allylic oxidation sites excluding steroid dienone is 4. The minimum atomic E-state index is 0.0131. The predicted molar refractivity (Wildman–Crippen MR) is 139 cm³/mol. The molecule has 6 heteroatoms. The van der Waals surface area contributed by atoms with Gasteiger partial charge in [0.05, 0.1) is 34.5 Å². The van der Waals surface area contributed by atoms with Crippen molar-refractivity contribution in [2.75, 3.05) is 19.6 Å². The van der Waals surface area contributed by atoms with Gasteiger partial charge in [0.25, 0.3) is 0 Å². The Bertz CT molecular complexity index is 1330. The van der Waals surface area contributed by atoms with Crippen LogP contribution in [0.1, 0.15) is 32.2 Å². The molecule has 3 unspecified atom stereocenters. The van der Waals surface area contributed by atoms with Crippen LogP contribution < -0.4 is 5.69 Å². The van der Waals surface area contributed by atoms with E-state index in [1.165, 1.54) is 5.57 Å². The molecular weight excluding hydrogens is 422 g/mol. The second-order valence-corrected chi connectivity index (χ2v) is 9.78. The number of likely N-dealkylation sites (tertiary alicyclic amines) is 1. The molecule has 3 heterocycles. The third-order valence-electron chi connectivity index (χ3n) is 7.56. The van der Waals surface area contributed by atoms with E-state index in [9.17, 15) is 4.79 Å². The van der Waals surface area contributed by atoms with Crippen molar-refractivity contribution in [3.63, 3.8) is 0 Å². The number of H-pyrrole nitrogens is 1. The van der Waals surface area contributed by atoms with E-state index in [1.807, 2.05) is 28.8 Å². The zero-order valence-electron chi connectivity index (χ0n) is 19.6. The van der Waals surface area contributed by atoms with E-state index < -0.39 is 0 Å². The highest BCUT2D eigenvalue weighted by molar-refractivity contribution is 6.43. The number of hydrogen-bond donors (Lipinski definition) is 1. The molecule has 0 saturated carbocycles. The first-order valence-corrected chi connectivity index (χ1v) is 12.4. The average molecular weight is 454 g/mol. The van der Waals surface area contributed by atoms with Crippen LogP contribution in [-0.2, 0) is 0 Å². The smallest absolute Gasteiger partial charge is 0.306 e. The molecule has 6 rings (SSSR count). The summed E-state index contributed by atoms with van der Waals surface area (Å²) in [5, 5.41) is 0. The van der Waals surface area contributed by atoms with Gasteiger partial charge in [-0.1, -0.05) is 54.7 Å². The Kier molecular flexibility index (Phi) is 5.53. The molecule has 0 spiro atoms. The Labute approximate surface area is 199 Å². The maximum atomic E-state index is 12.5. The number of nitrogens with one attached hydrogen (secondary N) is 1. The van der Waals surface area contributed by atoms with Gasteiger partial charge < -0.3 is 4.98 Å². The highest BCUT2D eigenvalue weighted by atomic mass is 16.1. The summed E-state index contributed by atoms with van der Waals surface area (Å²) in [5.74, 6) is 0.312. The topological polar surface area (TPSA) is 65.8 Å². The summed E-state index contributed by atoms with van der Waals surface area (Å²) >= 11 is 0. The van der Waals surface area contributed by atoms with Gasteiger partial charge in [-0.2, -0.15) is 0 Å². The lowest BCUT2D eigenvalue weighted by molar-refractivity contribution is 0.200. The molecule has 1 N–H and O–H groups in total. The van der Waals surface area contributed by atoms with Crippen molar-refractivity contribution in [2.45, 2.75) is 44.3 Å². The van der Waals surface area contributed by atoms with Crippen molar-refractivity contribution in [2.24, 2.45) is 15.9 Å². The lowest BCUT2D eigenvalue weighted by Gasteiger charge is -2.33. The Morgan fingerprint density at radius 3 is 2.56 bits per heavy atom. The molecule has 6 nitrogen and oxygen atoms in total. The number of piperidine rings is 1. The van der Waals surface area contributed by atoms with Crippen molar-refractivity contribution in [3.8, 4) is 0 Å². The lowest BCUT2D eigenvalue weighted by Crippen LogP contribution is -2.38. The quantitative estimate of drug-likeness (QED) is 0.752. The van der Waals surface area contributed by atoms with Crippen molar-refractivity contribution in [1.82, 2.24) is 14.5 Å². The third kappa shape index (κ3) is 3.96. The first kappa shape index (κ1) is 21.3. The van der Waals surface area contributed by atoms with Crippen LogP contribution in [-0.4, -0.2) is 57.6 Å². The van der Waals surface area contributed by atoms with Crippen molar-refractivity contribution in [1.29, 1.82) is 0 Å². The molecular formula is C28H31N5O. The second kappa shape index (κ2) is 8.84. The van der Waals surface area contributed by atoms with Gasteiger partial charge in [0, 0.05) is 31.6 Å². The maximum absolute atomic E-state index is 12.5. The van der Waals surface area contributed by atoms with Crippen LogP contribution in [0.25, 0.3) is 11.0 Å².